The smallest absolute Gasteiger partial charge is 0.445 e. The van der Waals surface area contributed by atoms with Crippen LogP contribution in [0.25, 0.3) is 0 Å². The molecule has 0 saturated carbocycles. The van der Waals surface area contributed by atoms with Crippen LogP contribution in [0.2, 0.25) is 0 Å². The van der Waals surface area contributed by atoms with Gasteiger partial charge in [0.15, 0.2) is 0 Å². The Kier molecular flexibility index (Phi) is 4.41. The molecule has 0 radical (unpaired) electrons. The lowest BCUT2D eigenvalue weighted by molar-refractivity contribution is 0.500. The molecule has 0 heterocycles. The van der Waals surface area contributed by atoms with Gasteiger partial charge in [0.1, 0.15) is 0 Å². The largest absolute Gasteiger partial charge is 0.509 e. The first-order valence-corrected chi connectivity index (χ1v) is 7.97. The Morgan fingerprint density at radius 2 is 1.88 bits per heavy atom. The van der Waals surface area contributed by atoms with E-state index in [1.807, 2.05) is 0 Å². The fraction of sp³-hybridized carbons (Fsp3) is 0.250. The summed E-state index contributed by atoms with van der Waals surface area (Å²) in [6.07, 6.45) is 0. The molecule has 0 N–H and O–H groups in total. The zero-order chi connectivity index (χ0) is 13.4. The summed E-state index contributed by atoms with van der Waals surface area (Å²) in [6, 6.07) is 2.39. The van der Waals surface area contributed by atoms with E-state index in [2.05, 4.69) is 0 Å². The van der Waals surface area contributed by atoms with Crippen molar-refractivity contribution in [1.82, 2.24) is 0 Å². The Labute approximate surface area is 115 Å². The van der Waals surface area contributed by atoms with Gasteiger partial charge in [0.2, 0.25) is 9.05 Å². The van der Waals surface area contributed by atoms with Crippen molar-refractivity contribution in [3.05, 3.63) is 26.8 Å². The minimum absolute atomic E-state index is 0.0814. The van der Waals surface area contributed by atoms with E-state index >= 15 is 0 Å². The molecule has 0 bridgehead atoms. The molecule has 0 aliphatic heterocycles. The molecule has 0 aromatic heterocycles. The zero-order valence-corrected chi connectivity index (χ0v) is 12.3. The summed E-state index contributed by atoms with van der Waals surface area (Å²) in [5.74, 6) is -0.601. The van der Waals surface area contributed by atoms with Crippen LogP contribution in [-0.4, -0.2) is 15.4 Å². The Morgan fingerprint density at radius 1 is 1.35 bits per heavy atom. The van der Waals surface area contributed by atoms with Gasteiger partial charge >= 0.3 is 6.98 Å². The van der Waals surface area contributed by atoms with E-state index in [1.54, 1.807) is 22.6 Å². The van der Waals surface area contributed by atoms with E-state index in [-0.39, 0.29) is 11.1 Å². The van der Waals surface area contributed by atoms with Gasteiger partial charge in [-0.1, -0.05) is 11.6 Å². The SMILES string of the molecule is Cc1c(CS(=O)(=O)Cl)cc(I)cc1[B-](F)(F)F. The quantitative estimate of drug-likeness (QED) is 0.447. The van der Waals surface area contributed by atoms with E-state index in [1.165, 1.54) is 13.0 Å². The molecule has 0 unspecified atom stereocenters. The molecular formula is C8H7BClF3IO2S-. The number of benzene rings is 1. The molecule has 0 spiro atoms. The van der Waals surface area contributed by atoms with Gasteiger partial charge in [0.05, 0.1) is 5.75 Å². The molecule has 9 heteroatoms. The summed E-state index contributed by atoms with van der Waals surface area (Å²) in [4.78, 5) is 0. The van der Waals surface area contributed by atoms with Crippen LogP contribution in [0.15, 0.2) is 12.1 Å². The number of halogens is 5. The van der Waals surface area contributed by atoms with Crippen LogP contribution in [0.1, 0.15) is 11.1 Å². The minimum Gasteiger partial charge on any atom is -0.445 e. The number of rotatable bonds is 3. The predicted molar refractivity (Wildman–Crippen MR) is 71.1 cm³/mol. The van der Waals surface area contributed by atoms with Gasteiger partial charge in [-0.15, -0.1) is 5.46 Å². The van der Waals surface area contributed by atoms with Crippen molar-refractivity contribution >= 4 is 54.8 Å². The van der Waals surface area contributed by atoms with Crippen LogP contribution in [0, 0.1) is 10.5 Å². The average Bonchev–Trinajstić information content (AvgIpc) is 2.06. The highest BCUT2D eigenvalue weighted by Crippen LogP contribution is 2.21. The summed E-state index contributed by atoms with van der Waals surface area (Å²) in [5, 5.41) is 0. The topological polar surface area (TPSA) is 34.1 Å². The van der Waals surface area contributed by atoms with Crippen molar-refractivity contribution in [2.45, 2.75) is 12.7 Å². The second kappa shape index (κ2) is 4.97. The maximum atomic E-state index is 12.7. The molecule has 0 aliphatic rings. The predicted octanol–water partition coefficient (Wildman–Crippen LogP) is 2.72. The van der Waals surface area contributed by atoms with E-state index in [4.69, 9.17) is 10.7 Å². The van der Waals surface area contributed by atoms with Crippen LogP contribution in [0.3, 0.4) is 0 Å². The fourth-order valence-corrected chi connectivity index (χ4v) is 3.17. The average molecular weight is 397 g/mol. The van der Waals surface area contributed by atoms with Gasteiger partial charge in [-0.3, -0.25) is 0 Å². The summed E-state index contributed by atoms with van der Waals surface area (Å²) < 4.78 is 60.3. The van der Waals surface area contributed by atoms with Gasteiger partial charge in [-0.05, 0) is 41.1 Å². The molecule has 0 aliphatic carbocycles. The number of hydrogen-bond donors (Lipinski definition) is 0. The monoisotopic (exact) mass is 397 g/mol. The third-order valence-corrected chi connectivity index (χ3v) is 3.81. The van der Waals surface area contributed by atoms with Crippen molar-refractivity contribution in [2.75, 3.05) is 0 Å². The van der Waals surface area contributed by atoms with Crippen LogP contribution < -0.4 is 5.46 Å². The number of hydrogen-bond acceptors (Lipinski definition) is 2. The van der Waals surface area contributed by atoms with Crippen LogP contribution in [-0.2, 0) is 14.8 Å². The first-order valence-electron chi connectivity index (χ1n) is 4.42. The Bertz CT molecular complexity index is 544. The third-order valence-electron chi connectivity index (χ3n) is 2.20. The zero-order valence-electron chi connectivity index (χ0n) is 8.55. The minimum atomic E-state index is -5.16. The molecule has 96 valence electrons. The van der Waals surface area contributed by atoms with Crippen LogP contribution >= 0.6 is 33.3 Å². The molecule has 2 nitrogen and oxygen atoms in total. The molecule has 1 aromatic carbocycles. The van der Waals surface area contributed by atoms with Crippen LogP contribution in [0.5, 0.6) is 0 Å². The maximum absolute atomic E-state index is 12.7. The Balaban J connectivity index is 3.39. The first-order chi connectivity index (χ1) is 7.50. The highest BCUT2D eigenvalue weighted by molar-refractivity contribution is 14.1. The molecular weight excluding hydrogens is 390 g/mol. The highest BCUT2D eigenvalue weighted by Gasteiger charge is 2.29. The molecule has 1 aromatic rings. The van der Waals surface area contributed by atoms with Gasteiger partial charge in [-0.25, -0.2) is 8.42 Å². The molecule has 0 amide bonds. The van der Waals surface area contributed by atoms with Crippen molar-refractivity contribution in [3.63, 3.8) is 0 Å². The van der Waals surface area contributed by atoms with E-state index in [0.29, 0.717) is 3.57 Å². The maximum Gasteiger partial charge on any atom is 0.509 e. The van der Waals surface area contributed by atoms with Gasteiger partial charge in [0, 0.05) is 14.3 Å². The van der Waals surface area contributed by atoms with Crippen molar-refractivity contribution < 1.29 is 21.4 Å². The van der Waals surface area contributed by atoms with Crippen molar-refractivity contribution in [1.29, 1.82) is 0 Å². The normalized spacial score (nSPS) is 12.8. The Hall–Kier alpha value is 0.0449. The standard InChI is InChI=1S/C8H7BClF3IO2S/c1-5-6(4-17(10,15)16)2-7(14)3-8(5)9(11,12)13/h2-3H,4H2,1H3/q-1. The summed E-state index contributed by atoms with van der Waals surface area (Å²) in [7, 11) is 1.18. The lowest BCUT2D eigenvalue weighted by Gasteiger charge is -2.20. The molecule has 0 fully saturated rings. The van der Waals surface area contributed by atoms with Crippen molar-refractivity contribution in [2.24, 2.45) is 0 Å². The van der Waals surface area contributed by atoms with Crippen LogP contribution in [0.4, 0.5) is 12.9 Å². The summed E-state index contributed by atoms with van der Waals surface area (Å²) in [5.41, 5.74) is -0.768. The molecule has 17 heavy (non-hydrogen) atoms. The van der Waals surface area contributed by atoms with Crippen molar-refractivity contribution in [3.8, 4) is 0 Å². The fourth-order valence-electron chi connectivity index (χ4n) is 1.43. The van der Waals surface area contributed by atoms with E-state index < -0.39 is 27.2 Å². The van der Waals surface area contributed by atoms with Gasteiger partial charge < -0.3 is 12.9 Å². The highest BCUT2D eigenvalue weighted by atomic mass is 127. The molecule has 0 saturated heterocycles. The van der Waals surface area contributed by atoms with Gasteiger partial charge in [-0.2, -0.15) is 0 Å². The summed E-state index contributed by atoms with van der Waals surface area (Å²) >= 11 is 1.71. The lowest BCUT2D eigenvalue weighted by Crippen LogP contribution is -2.37. The van der Waals surface area contributed by atoms with E-state index in [0.717, 1.165) is 6.07 Å². The second-order valence-corrected chi connectivity index (χ2v) is 7.56. The third kappa shape index (κ3) is 4.33. The lowest BCUT2D eigenvalue weighted by atomic mass is 9.76. The Morgan fingerprint density at radius 3 is 2.29 bits per heavy atom. The van der Waals surface area contributed by atoms with E-state index in [9.17, 15) is 21.4 Å². The first kappa shape index (κ1) is 15.1. The second-order valence-electron chi connectivity index (χ2n) is 3.54. The molecule has 1 rings (SSSR count). The van der Waals surface area contributed by atoms with Gasteiger partial charge in [0.25, 0.3) is 0 Å². The molecule has 0 atom stereocenters. The summed E-state index contributed by atoms with van der Waals surface area (Å²) in [6.45, 7) is -3.91.